The van der Waals surface area contributed by atoms with Crippen molar-refractivity contribution < 1.29 is 38.1 Å². The summed E-state index contributed by atoms with van der Waals surface area (Å²) in [6.45, 7) is 14.5. The molecule has 186 valence electrons. The Morgan fingerprint density at radius 1 is 1.18 bits per heavy atom. The SMILES string of the molecule is CCC1=CC(=O)[C@@](C)(C[C@@H]2O[C@](OC)(C(C)C)[C@@]3(C)C(=O)O[C@H](COC(=O)C(C)(C)C)[C@@H]23)O1. The second kappa shape index (κ2) is 8.38. The van der Waals surface area contributed by atoms with Crippen LogP contribution in [0.1, 0.15) is 68.2 Å². The van der Waals surface area contributed by atoms with Gasteiger partial charge >= 0.3 is 11.9 Å². The molecule has 3 rings (SSSR count). The molecule has 8 nitrogen and oxygen atoms in total. The fourth-order valence-electron chi connectivity index (χ4n) is 5.53. The lowest BCUT2D eigenvalue weighted by atomic mass is 9.66. The van der Waals surface area contributed by atoms with Crippen LogP contribution in [0, 0.1) is 22.7 Å². The van der Waals surface area contributed by atoms with Gasteiger partial charge in [-0.3, -0.25) is 14.4 Å². The highest BCUT2D eigenvalue weighted by atomic mass is 16.7. The average Bonchev–Trinajstić information content (AvgIpc) is 3.25. The molecular formula is C25H38O8. The number of ether oxygens (including phenoxy) is 5. The Hall–Kier alpha value is -1.93. The number of rotatable bonds is 7. The van der Waals surface area contributed by atoms with Gasteiger partial charge < -0.3 is 23.7 Å². The van der Waals surface area contributed by atoms with Crippen molar-refractivity contribution in [1.82, 2.24) is 0 Å². The maximum atomic E-state index is 13.3. The van der Waals surface area contributed by atoms with Crippen LogP contribution < -0.4 is 0 Å². The third-order valence-electron chi connectivity index (χ3n) is 7.36. The van der Waals surface area contributed by atoms with E-state index in [0.29, 0.717) is 12.2 Å². The lowest BCUT2D eigenvalue weighted by Crippen LogP contribution is -2.54. The molecule has 0 aromatic rings. The smallest absolute Gasteiger partial charge is 0.318 e. The van der Waals surface area contributed by atoms with Gasteiger partial charge in [0.2, 0.25) is 5.78 Å². The molecule has 0 radical (unpaired) electrons. The maximum Gasteiger partial charge on any atom is 0.318 e. The van der Waals surface area contributed by atoms with E-state index in [-0.39, 0.29) is 30.7 Å². The predicted octanol–water partition coefficient (Wildman–Crippen LogP) is 3.56. The standard InChI is InChI=1S/C25H38O8/c1-10-15-11-18(26)23(7,32-15)12-16-19-17(13-30-20(27)22(4,5)6)31-21(28)24(19,8)25(29-9,33-16)14(2)3/h11,14,16-17,19H,10,12-13H2,1-9H3/t16-,17+,19+,23+,24+,25+/m0/s1. The molecule has 0 saturated carbocycles. The number of carbonyl (C=O) groups excluding carboxylic acids is 3. The van der Waals surface area contributed by atoms with Gasteiger partial charge in [0.25, 0.3) is 0 Å². The van der Waals surface area contributed by atoms with Gasteiger partial charge in [-0.1, -0.05) is 20.8 Å². The molecule has 8 heteroatoms. The van der Waals surface area contributed by atoms with Crippen LogP contribution in [0.25, 0.3) is 0 Å². The number of esters is 2. The van der Waals surface area contributed by atoms with Crippen molar-refractivity contribution in [2.45, 2.75) is 91.8 Å². The van der Waals surface area contributed by atoms with E-state index in [9.17, 15) is 14.4 Å². The van der Waals surface area contributed by atoms with Gasteiger partial charge in [-0.2, -0.15) is 0 Å². The van der Waals surface area contributed by atoms with Crippen molar-refractivity contribution in [3.8, 4) is 0 Å². The van der Waals surface area contributed by atoms with Crippen LogP contribution in [0.4, 0.5) is 0 Å². The van der Waals surface area contributed by atoms with Crippen molar-refractivity contribution in [2.24, 2.45) is 22.7 Å². The van der Waals surface area contributed by atoms with Crippen molar-refractivity contribution >= 4 is 17.7 Å². The van der Waals surface area contributed by atoms with E-state index >= 15 is 0 Å². The summed E-state index contributed by atoms with van der Waals surface area (Å²) in [6, 6.07) is 0. The molecule has 33 heavy (non-hydrogen) atoms. The van der Waals surface area contributed by atoms with Crippen LogP contribution >= 0.6 is 0 Å². The number of carbonyl (C=O) groups is 3. The summed E-state index contributed by atoms with van der Waals surface area (Å²) in [5.74, 6) is -2.31. The Morgan fingerprint density at radius 3 is 2.30 bits per heavy atom. The Bertz CT molecular complexity index is 855. The zero-order valence-corrected chi connectivity index (χ0v) is 21.3. The Kier molecular flexibility index (Phi) is 6.52. The lowest BCUT2D eigenvalue weighted by Gasteiger charge is -2.41. The largest absolute Gasteiger partial charge is 0.484 e. The van der Waals surface area contributed by atoms with E-state index in [1.54, 1.807) is 34.6 Å². The summed E-state index contributed by atoms with van der Waals surface area (Å²) < 4.78 is 29.7. The van der Waals surface area contributed by atoms with E-state index in [0.717, 1.165) is 0 Å². The van der Waals surface area contributed by atoms with Crippen LogP contribution in [0.2, 0.25) is 0 Å². The number of cyclic esters (lactones) is 1. The first-order valence-corrected chi connectivity index (χ1v) is 11.7. The van der Waals surface area contributed by atoms with E-state index in [4.69, 9.17) is 23.7 Å². The number of fused-ring (bicyclic) bond motifs is 1. The zero-order chi connectivity index (χ0) is 25.0. The second-order valence-electron chi connectivity index (χ2n) is 11.1. The van der Waals surface area contributed by atoms with E-state index in [2.05, 4.69) is 0 Å². The number of hydrogen-bond acceptors (Lipinski definition) is 8. The monoisotopic (exact) mass is 466 g/mol. The van der Waals surface area contributed by atoms with Crippen molar-refractivity contribution in [3.63, 3.8) is 0 Å². The topological polar surface area (TPSA) is 97.4 Å². The fraction of sp³-hybridized carbons (Fsp3) is 0.800. The number of hydrogen-bond donors (Lipinski definition) is 0. The van der Waals surface area contributed by atoms with Crippen LogP contribution in [0.3, 0.4) is 0 Å². The lowest BCUT2D eigenvalue weighted by molar-refractivity contribution is -0.279. The molecule has 0 N–H and O–H groups in total. The quantitative estimate of drug-likeness (QED) is 0.526. The molecule has 2 saturated heterocycles. The van der Waals surface area contributed by atoms with Crippen LogP contribution in [0.15, 0.2) is 11.8 Å². The third-order valence-corrected chi connectivity index (χ3v) is 7.36. The van der Waals surface area contributed by atoms with Crippen LogP contribution in [-0.4, -0.2) is 55.0 Å². The van der Waals surface area contributed by atoms with Crippen molar-refractivity contribution in [1.29, 1.82) is 0 Å². The molecule has 2 fully saturated rings. The molecule has 3 aliphatic rings. The summed E-state index contributed by atoms with van der Waals surface area (Å²) in [5.41, 5.74) is -2.96. The molecule has 0 unspecified atom stereocenters. The first kappa shape index (κ1) is 25.7. The minimum Gasteiger partial charge on any atom is -0.484 e. The molecular weight excluding hydrogens is 428 g/mol. The average molecular weight is 467 g/mol. The minimum absolute atomic E-state index is 0.0934. The first-order valence-electron chi connectivity index (χ1n) is 11.7. The molecule has 0 spiro atoms. The molecule has 6 atom stereocenters. The Balaban J connectivity index is 1.96. The highest BCUT2D eigenvalue weighted by Crippen LogP contribution is 2.61. The summed E-state index contributed by atoms with van der Waals surface area (Å²) in [4.78, 5) is 38.5. The second-order valence-corrected chi connectivity index (χ2v) is 11.1. The van der Waals surface area contributed by atoms with Crippen LogP contribution in [-0.2, 0) is 38.1 Å². The number of allylic oxidation sites excluding steroid dienone is 1. The van der Waals surface area contributed by atoms with E-state index < -0.39 is 46.3 Å². The van der Waals surface area contributed by atoms with Gasteiger partial charge in [-0.25, -0.2) is 0 Å². The molecule has 0 bridgehead atoms. The van der Waals surface area contributed by atoms with Crippen molar-refractivity contribution in [3.05, 3.63) is 11.8 Å². The van der Waals surface area contributed by atoms with Gasteiger partial charge in [0, 0.05) is 37.9 Å². The molecule has 0 amide bonds. The molecule has 0 aromatic carbocycles. The Labute approximate surface area is 196 Å². The van der Waals surface area contributed by atoms with Gasteiger partial charge in [0.05, 0.1) is 11.5 Å². The highest BCUT2D eigenvalue weighted by molar-refractivity contribution is 5.99. The molecule has 3 heterocycles. The van der Waals surface area contributed by atoms with E-state index in [1.165, 1.54) is 13.2 Å². The molecule has 3 aliphatic heterocycles. The zero-order valence-electron chi connectivity index (χ0n) is 21.3. The van der Waals surface area contributed by atoms with Crippen LogP contribution in [0.5, 0.6) is 0 Å². The fourth-order valence-corrected chi connectivity index (χ4v) is 5.53. The van der Waals surface area contributed by atoms with Crippen molar-refractivity contribution in [2.75, 3.05) is 13.7 Å². The number of methoxy groups -OCH3 is 1. The van der Waals surface area contributed by atoms with Gasteiger partial charge in [0.1, 0.15) is 23.9 Å². The van der Waals surface area contributed by atoms with Gasteiger partial charge in [-0.15, -0.1) is 0 Å². The summed E-state index contributed by atoms with van der Waals surface area (Å²) >= 11 is 0. The third kappa shape index (κ3) is 3.89. The predicted molar refractivity (Wildman–Crippen MR) is 119 cm³/mol. The molecule has 0 aromatic heterocycles. The highest BCUT2D eigenvalue weighted by Gasteiger charge is 2.75. The van der Waals surface area contributed by atoms with Gasteiger partial charge in [0.15, 0.2) is 11.4 Å². The summed E-state index contributed by atoms with van der Waals surface area (Å²) in [7, 11) is 1.51. The maximum absolute atomic E-state index is 13.3. The summed E-state index contributed by atoms with van der Waals surface area (Å²) in [6.07, 6.45) is 1.02. The molecule has 0 aliphatic carbocycles. The Morgan fingerprint density at radius 2 is 1.82 bits per heavy atom. The first-order chi connectivity index (χ1) is 15.2. The van der Waals surface area contributed by atoms with E-state index in [1.807, 2.05) is 20.8 Å². The number of ketones is 1. The summed E-state index contributed by atoms with van der Waals surface area (Å²) in [5, 5.41) is 0. The van der Waals surface area contributed by atoms with Gasteiger partial charge in [-0.05, 0) is 34.6 Å². The minimum atomic E-state index is -1.26. The normalized spacial score (nSPS) is 38.2.